The van der Waals surface area contributed by atoms with Crippen LogP contribution < -0.4 is 10.6 Å². The monoisotopic (exact) mass is 444 g/mol. The molecule has 2 N–H and O–H groups in total. The van der Waals surface area contributed by atoms with Gasteiger partial charge >= 0.3 is 167 Å². The van der Waals surface area contributed by atoms with Crippen molar-refractivity contribution in [1.82, 2.24) is 14.9 Å². The molecule has 0 aliphatic carbocycles. The Kier molecular flexibility index (Phi) is 5.23. The van der Waals surface area contributed by atoms with E-state index in [-0.39, 0.29) is 32.1 Å². The number of hydrogen-bond donors (Lipinski definition) is 2. The van der Waals surface area contributed by atoms with E-state index in [9.17, 15) is 14.0 Å². The van der Waals surface area contributed by atoms with Crippen molar-refractivity contribution in [1.29, 1.82) is 0 Å². The van der Waals surface area contributed by atoms with Gasteiger partial charge in [0.1, 0.15) is 0 Å². The maximum atomic E-state index is 13.5. The van der Waals surface area contributed by atoms with E-state index in [1.165, 1.54) is 12.1 Å². The van der Waals surface area contributed by atoms with Crippen molar-refractivity contribution in [3.8, 4) is 0 Å². The molecule has 28 heavy (non-hydrogen) atoms. The first kappa shape index (κ1) is 18.4. The minimum atomic E-state index is -0.388. The zero-order chi connectivity index (χ0) is 19.5. The van der Waals surface area contributed by atoms with Crippen LogP contribution in [-0.2, 0) is 11.3 Å². The van der Waals surface area contributed by atoms with Gasteiger partial charge in [0.05, 0.1) is 0 Å². The van der Waals surface area contributed by atoms with Gasteiger partial charge in [0, 0.05) is 0 Å². The predicted molar refractivity (Wildman–Crippen MR) is 105 cm³/mol. The molecule has 0 bridgehead atoms. The Hall–Kier alpha value is -2.96. The molecule has 6 nitrogen and oxygen atoms in total. The van der Waals surface area contributed by atoms with Crippen molar-refractivity contribution in [2.45, 2.75) is 13.0 Å². The molecule has 0 saturated heterocycles. The second-order valence-corrected chi connectivity index (χ2v) is 8.33. The van der Waals surface area contributed by atoms with E-state index >= 15 is 0 Å². The molecule has 1 aliphatic heterocycles. The number of aryl methyl sites for hydroxylation is 1. The molecule has 4 rings (SSSR count). The number of fused-ring (bicyclic) bond motifs is 1. The van der Waals surface area contributed by atoms with Crippen LogP contribution in [0.15, 0.2) is 47.9 Å². The van der Waals surface area contributed by atoms with Gasteiger partial charge in [-0.1, -0.05) is 0 Å². The zero-order valence-corrected chi connectivity index (χ0v) is 16.5. The quantitative estimate of drug-likeness (QED) is 0.349. The molecule has 142 valence electrons. The summed E-state index contributed by atoms with van der Waals surface area (Å²) in [5.41, 5.74) is 2.19. The van der Waals surface area contributed by atoms with E-state index in [4.69, 9.17) is 0 Å². The van der Waals surface area contributed by atoms with Crippen molar-refractivity contribution in [3.05, 3.63) is 69.3 Å². The normalized spacial score (nSPS) is 14.2. The number of aromatic nitrogens is 2. The Bertz CT molecular complexity index is 1060. The third kappa shape index (κ3) is 3.98. The van der Waals surface area contributed by atoms with Crippen LogP contribution in [0.1, 0.15) is 26.8 Å². The number of amides is 2. The van der Waals surface area contributed by atoms with E-state index < -0.39 is 0 Å². The molecule has 0 unspecified atom stereocenters. The van der Waals surface area contributed by atoms with Crippen LogP contribution >= 0.6 is 0 Å². The molecule has 0 spiro atoms. The fraction of sp³-hybridized carbons (Fsp3) is 0.150. The summed E-state index contributed by atoms with van der Waals surface area (Å²) in [6.07, 6.45) is 7.91. The molecule has 8 heteroatoms. The molecule has 0 radical (unpaired) electrons. The fourth-order valence-electron chi connectivity index (χ4n) is 2.98. The van der Waals surface area contributed by atoms with Gasteiger partial charge in [0.15, 0.2) is 0 Å². The molecular formula is C20H17FN4O2Se. The molecule has 0 saturated carbocycles. The number of nitrogens with zero attached hydrogens (tertiary/aromatic N) is 2. The number of carbonyl (C=O) groups is 2. The third-order valence-electron chi connectivity index (χ3n) is 4.37. The number of anilines is 1. The average Bonchev–Trinajstić information content (AvgIpc) is 3.41. The van der Waals surface area contributed by atoms with Gasteiger partial charge in [-0.05, 0) is 0 Å². The van der Waals surface area contributed by atoms with Crippen molar-refractivity contribution in [3.63, 3.8) is 0 Å². The summed E-state index contributed by atoms with van der Waals surface area (Å²) in [5, 5.41) is 5.64. The van der Waals surface area contributed by atoms with E-state index in [0.29, 0.717) is 28.9 Å². The summed E-state index contributed by atoms with van der Waals surface area (Å²) in [7, 11) is 0. The first-order valence-corrected chi connectivity index (χ1v) is 10.6. The number of nitrogens with one attached hydrogen (secondary N) is 2. The van der Waals surface area contributed by atoms with Crippen molar-refractivity contribution < 1.29 is 14.0 Å². The maximum absolute atomic E-state index is 13.5. The van der Waals surface area contributed by atoms with Gasteiger partial charge < -0.3 is 0 Å². The van der Waals surface area contributed by atoms with E-state index in [1.807, 2.05) is 15.7 Å². The molecule has 1 aromatic carbocycles. The van der Waals surface area contributed by atoms with E-state index in [1.54, 1.807) is 30.7 Å². The molecule has 3 heterocycles. The van der Waals surface area contributed by atoms with E-state index in [2.05, 4.69) is 15.6 Å². The summed E-state index contributed by atoms with van der Waals surface area (Å²) >= 11 is -0.0488. The van der Waals surface area contributed by atoms with Crippen LogP contribution in [0.4, 0.5) is 10.1 Å². The number of imidazole rings is 1. The van der Waals surface area contributed by atoms with Gasteiger partial charge in [-0.2, -0.15) is 0 Å². The molecular weight excluding hydrogens is 426 g/mol. The Morgan fingerprint density at radius 1 is 1.36 bits per heavy atom. The first-order chi connectivity index (χ1) is 13.6. The summed E-state index contributed by atoms with van der Waals surface area (Å²) in [5.74, 6) is -0.765. The Morgan fingerprint density at radius 3 is 3.07 bits per heavy atom. The minimum absolute atomic E-state index is 0.0488. The summed E-state index contributed by atoms with van der Waals surface area (Å²) in [6.45, 7) is 1.36. The van der Waals surface area contributed by atoms with Gasteiger partial charge in [-0.25, -0.2) is 0 Å². The molecule has 2 aromatic heterocycles. The van der Waals surface area contributed by atoms with Gasteiger partial charge in [0.25, 0.3) is 0 Å². The molecule has 1 aliphatic rings. The molecule has 0 atom stereocenters. The van der Waals surface area contributed by atoms with Crippen LogP contribution in [0.5, 0.6) is 0 Å². The van der Waals surface area contributed by atoms with Crippen molar-refractivity contribution in [2.24, 2.45) is 0 Å². The number of rotatable bonds is 6. The second-order valence-electron chi connectivity index (χ2n) is 6.35. The van der Waals surface area contributed by atoms with Crippen LogP contribution in [0.25, 0.3) is 11.6 Å². The van der Waals surface area contributed by atoms with Crippen LogP contribution in [0.2, 0.25) is 0 Å². The Labute approximate surface area is 166 Å². The molecule has 2 amide bonds. The predicted octanol–water partition coefficient (Wildman–Crippen LogP) is 2.39. The summed E-state index contributed by atoms with van der Waals surface area (Å²) in [6, 6.07) is 6.02. The topological polar surface area (TPSA) is 76.0 Å². The molecule has 0 fully saturated rings. The van der Waals surface area contributed by atoms with Gasteiger partial charge in [-0.3, -0.25) is 0 Å². The second kappa shape index (κ2) is 7.96. The van der Waals surface area contributed by atoms with Gasteiger partial charge in [0.2, 0.25) is 0 Å². The van der Waals surface area contributed by atoms with Crippen LogP contribution in [-0.4, -0.2) is 42.4 Å². The SMILES string of the molecule is O=C1Nc2ccc(F)cc2/C1=C/c1cc(C(=O)NCCCn2ccnc2)c[se]1. The fourth-order valence-corrected chi connectivity index (χ4v) is 4.70. The number of hydrogen-bond acceptors (Lipinski definition) is 3. The number of carbonyl (C=O) groups excluding carboxylic acids is 2. The van der Waals surface area contributed by atoms with Crippen molar-refractivity contribution in [2.75, 3.05) is 11.9 Å². The Morgan fingerprint density at radius 2 is 2.25 bits per heavy atom. The van der Waals surface area contributed by atoms with Crippen molar-refractivity contribution >= 4 is 43.7 Å². The zero-order valence-electron chi connectivity index (χ0n) is 14.8. The summed E-state index contributed by atoms with van der Waals surface area (Å²) < 4.78 is 16.4. The summed E-state index contributed by atoms with van der Waals surface area (Å²) in [4.78, 5) is 30.4. The van der Waals surface area contributed by atoms with Crippen LogP contribution in [0, 0.1) is 5.82 Å². The van der Waals surface area contributed by atoms with Gasteiger partial charge in [-0.15, -0.1) is 0 Å². The average molecular weight is 443 g/mol. The van der Waals surface area contributed by atoms with E-state index in [0.717, 1.165) is 17.4 Å². The van der Waals surface area contributed by atoms with Crippen LogP contribution in [0.3, 0.4) is 0 Å². The first-order valence-electron chi connectivity index (χ1n) is 8.75. The molecule has 3 aromatic rings. The standard InChI is InChI=1S/C20H17FN4O2Se/c21-14-2-3-18-16(9-14)17(20(27)24-18)10-15-8-13(11-28-15)19(26)23-4-1-6-25-7-5-22-12-25/h2-3,5,7-12H,1,4,6H2,(H,23,26)(H,24,27)/b17-10-. The third-order valence-corrected chi connectivity index (χ3v) is 6.22. The Balaban J connectivity index is 1.40. The number of halogens is 1. The number of benzene rings is 1.